The highest BCUT2D eigenvalue weighted by atomic mass is 35.5. The maximum absolute atomic E-state index is 13.3. The fourth-order valence-corrected chi connectivity index (χ4v) is 5.99. The second kappa shape index (κ2) is 8.61. The highest BCUT2D eigenvalue weighted by molar-refractivity contribution is 6.32. The van der Waals surface area contributed by atoms with Crippen molar-refractivity contribution in [1.29, 1.82) is 0 Å². The summed E-state index contributed by atoms with van der Waals surface area (Å²) in [5.74, 6) is 0.0506. The zero-order chi connectivity index (χ0) is 23.2. The molecule has 1 saturated heterocycles. The van der Waals surface area contributed by atoms with Crippen LogP contribution in [0, 0.1) is 6.92 Å². The number of halogens is 1. The number of aryl methyl sites for hydroxylation is 1. The zero-order valence-corrected chi connectivity index (χ0v) is 19.8. The van der Waals surface area contributed by atoms with E-state index in [2.05, 4.69) is 66.7 Å². The van der Waals surface area contributed by atoms with Gasteiger partial charge >= 0.3 is 6.09 Å². The third-order valence-corrected chi connectivity index (χ3v) is 7.53. The Morgan fingerprint density at radius 1 is 1.00 bits per heavy atom. The van der Waals surface area contributed by atoms with Crippen LogP contribution >= 0.6 is 11.6 Å². The van der Waals surface area contributed by atoms with E-state index in [1.165, 1.54) is 27.8 Å². The summed E-state index contributed by atoms with van der Waals surface area (Å²) < 4.78 is 11.8. The van der Waals surface area contributed by atoms with Crippen molar-refractivity contribution in [2.24, 2.45) is 0 Å². The minimum atomic E-state index is -0.273. The van der Waals surface area contributed by atoms with Crippen molar-refractivity contribution in [2.45, 2.75) is 31.3 Å². The zero-order valence-electron chi connectivity index (χ0n) is 19.0. The first kappa shape index (κ1) is 21.5. The normalized spacial score (nSPS) is 21.0. The van der Waals surface area contributed by atoms with Gasteiger partial charge in [-0.3, -0.25) is 4.90 Å². The van der Waals surface area contributed by atoms with Crippen LogP contribution in [0.5, 0.6) is 0 Å². The predicted octanol–water partition coefficient (Wildman–Crippen LogP) is 6.45. The number of carbonyl (C=O) groups is 1. The lowest BCUT2D eigenvalue weighted by atomic mass is 9.89. The molecule has 2 unspecified atom stereocenters. The highest BCUT2D eigenvalue weighted by Gasteiger charge is 2.40. The van der Waals surface area contributed by atoms with Gasteiger partial charge in [-0.25, -0.2) is 4.79 Å². The van der Waals surface area contributed by atoms with E-state index in [1.54, 1.807) is 0 Å². The Hall–Kier alpha value is -3.08. The number of amides is 1. The average molecular weight is 472 g/mol. The Labute approximate surface area is 204 Å². The number of fused-ring (bicyclic) bond motifs is 5. The molecule has 6 rings (SSSR count). The molecule has 3 aromatic carbocycles. The molecule has 3 aliphatic rings. The molecule has 0 radical (unpaired) electrons. The molecule has 0 aromatic heterocycles. The topological polar surface area (TPSA) is 38.8 Å². The molecule has 3 aromatic rings. The third-order valence-electron chi connectivity index (χ3n) is 7.22. The van der Waals surface area contributed by atoms with Crippen LogP contribution < -0.4 is 0 Å². The van der Waals surface area contributed by atoms with E-state index < -0.39 is 0 Å². The highest BCUT2D eigenvalue weighted by Crippen LogP contribution is 2.45. The van der Waals surface area contributed by atoms with E-state index in [9.17, 15) is 4.79 Å². The first-order valence-electron chi connectivity index (χ1n) is 11.8. The van der Waals surface area contributed by atoms with Gasteiger partial charge < -0.3 is 9.47 Å². The number of nitrogens with zero attached hydrogens (tertiary/aromatic N) is 1. The Balaban J connectivity index is 1.23. The lowest BCUT2D eigenvalue weighted by molar-refractivity contribution is -0.0331. The molecular weight excluding hydrogens is 446 g/mol. The molecule has 2 aliphatic heterocycles. The molecule has 0 saturated carbocycles. The van der Waals surface area contributed by atoms with E-state index in [-0.39, 0.29) is 24.1 Å². The van der Waals surface area contributed by atoms with Gasteiger partial charge in [-0.05, 0) is 58.4 Å². The Bertz CT molecular complexity index is 1250. The number of carbonyl (C=O) groups excluding carboxylic acids is 1. The molecule has 2 atom stereocenters. The summed E-state index contributed by atoms with van der Waals surface area (Å²) in [5, 5.41) is 0.750. The largest absolute Gasteiger partial charge is 0.448 e. The summed E-state index contributed by atoms with van der Waals surface area (Å²) in [7, 11) is 0. The number of hydrogen-bond donors (Lipinski definition) is 0. The van der Waals surface area contributed by atoms with Crippen molar-refractivity contribution >= 4 is 23.3 Å². The van der Waals surface area contributed by atoms with Crippen LogP contribution in [0.15, 0.2) is 72.8 Å². The molecule has 1 amide bonds. The fourth-order valence-electron chi connectivity index (χ4n) is 5.63. The second-order valence-electron chi connectivity index (χ2n) is 9.35. The molecule has 0 N–H and O–H groups in total. The van der Waals surface area contributed by atoms with Crippen LogP contribution in [0.3, 0.4) is 0 Å². The SMILES string of the molecule is Cc1ccc(C2=CC3COCC(C2)N3C(=O)OCC2c3ccccc3-c3ccccc32)c(Cl)c1. The second-order valence-corrected chi connectivity index (χ2v) is 9.76. The Morgan fingerprint density at radius 3 is 2.38 bits per heavy atom. The molecule has 1 aliphatic carbocycles. The van der Waals surface area contributed by atoms with Crippen LogP contribution in [0.4, 0.5) is 4.79 Å². The van der Waals surface area contributed by atoms with Crippen LogP contribution in [-0.2, 0) is 9.47 Å². The third kappa shape index (κ3) is 3.62. The van der Waals surface area contributed by atoms with Gasteiger partial charge in [-0.15, -0.1) is 0 Å². The van der Waals surface area contributed by atoms with Crippen LogP contribution in [0.25, 0.3) is 16.7 Å². The van der Waals surface area contributed by atoms with Gasteiger partial charge in [-0.2, -0.15) is 0 Å². The van der Waals surface area contributed by atoms with Crippen LogP contribution in [-0.4, -0.2) is 42.9 Å². The van der Waals surface area contributed by atoms with Gasteiger partial charge in [0.15, 0.2) is 0 Å². The summed E-state index contributed by atoms with van der Waals surface area (Å²) in [5.41, 5.74) is 8.23. The minimum Gasteiger partial charge on any atom is -0.448 e. The van der Waals surface area contributed by atoms with Crippen molar-refractivity contribution in [2.75, 3.05) is 19.8 Å². The maximum Gasteiger partial charge on any atom is 0.410 e. The van der Waals surface area contributed by atoms with Gasteiger partial charge in [0.05, 0.1) is 25.3 Å². The summed E-state index contributed by atoms with van der Waals surface area (Å²) in [4.78, 5) is 15.2. The number of rotatable bonds is 3. The molecular formula is C29H26ClNO3. The number of benzene rings is 3. The molecule has 2 heterocycles. The lowest BCUT2D eigenvalue weighted by Gasteiger charge is -2.44. The van der Waals surface area contributed by atoms with Crippen molar-refractivity contribution in [1.82, 2.24) is 4.90 Å². The predicted molar refractivity (Wildman–Crippen MR) is 134 cm³/mol. The summed E-state index contributed by atoms with van der Waals surface area (Å²) in [6.07, 6.45) is 2.54. The van der Waals surface area contributed by atoms with Crippen molar-refractivity contribution in [3.05, 3.63) is 100 Å². The van der Waals surface area contributed by atoms with E-state index in [0.29, 0.717) is 26.2 Å². The first-order valence-corrected chi connectivity index (χ1v) is 12.2. The van der Waals surface area contributed by atoms with Gasteiger partial charge in [0, 0.05) is 10.9 Å². The summed E-state index contributed by atoms with van der Waals surface area (Å²) >= 11 is 6.55. The molecule has 2 bridgehead atoms. The Morgan fingerprint density at radius 2 is 1.71 bits per heavy atom. The van der Waals surface area contributed by atoms with E-state index >= 15 is 0 Å². The quantitative estimate of drug-likeness (QED) is 0.440. The monoisotopic (exact) mass is 471 g/mol. The number of ether oxygens (including phenoxy) is 2. The first-order chi connectivity index (χ1) is 16.6. The molecule has 4 nitrogen and oxygen atoms in total. The minimum absolute atomic E-state index is 0.0506. The van der Waals surface area contributed by atoms with Gasteiger partial charge in [0.2, 0.25) is 0 Å². The van der Waals surface area contributed by atoms with Crippen molar-refractivity contribution in [3.63, 3.8) is 0 Å². The fraction of sp³-hybridized carbons (Fsp3) is 0.276. The van der Waals surface area contributed by atoms with Crippen LogP contribution in [0.2, 0.25) is 5.02 Å². The van der Waals surface area contributed by atoms with Gasteiger partial charge in [0.1, 0.15) is 6.61 Å². The average Bonchev–Trinajstić information content (AvgIpc) is 3.15. The molecule has 0 spiro atoms. The van der Waals surface area contributed by atoms with Crippen molar-refractivity contribution in [3.8, 4) is 11.1 Å². The molecule has 172 valence electrons. The van der Waals surface area contributed by atoms with Crippen molar-refractivity contribution < 1.29 is 14.3 Å². The van der Waals surface area contributed by atoms with E-state index in [1.807, 2.05) is 17.9 Å². The summed E-state index contributed by atoms with van der Waals surface area (Å²) in [6, 6.07) is 22.7. The standard InChI is InChI=1S/C29H26ClNO3/c1-18-10-11-22(28(30)12-18)19-13-20-15-33-16-21(14-19)31(20)29(32)34-17-27-25-8-4-2-6-23(25)24-7-3-5-9-26(24)27/h2-13,20-21,27H,14-17H2,1H3. The van der Waals surface area contributed by atoms with E-state index in [0.717, 1.165) is 16.1 Å². The summed E-state index contributed by atoms with van der Waals surface area (Å²) in [6.45, 7) is 3.32. The van der Waals surface area contributed by atoms with Crippen LogP contribution in [0.1, 0.15) is 34.6 Å². The Kier molecular flexibility index (Phi) is 5.43. The molecule has 1 fully saturated rings. The van der Waals surface area contributed by atoms with Gasteiger partial charge in [0.25, 0.3) is 0 Å². The van der Waals surface area contributed by atoms with Gasteiger partial charge in [-0.1, -0.05) is 78.3 Å². The van der Waals surface area contributed by atoms with E-state index in [4.69, 9.17) is 21.1 Å². The smallest absolute Gasteiger partial charge is 0.410 e. The lowest BCUT2D eigenvalue weighted by Crippen LogP contribution is -2.56. The molecule has 34 heavy (non-hydrogen) atoms. The maximum atomic E-state index is 13.3. The molecule has 5 heteroatoms. The number of morpholine rings is 1. The number of hydrogen-bond acceptors (Lipinski definition) is 3.